The molecule has 0 radical (unpaired) electrons. The maximum atomic E-state index is 12.3. The van der Waals surface area contributed by atoms with E-state index in [4.69, 9.17) is 0 Å². The lowest BCUT2D eigenvalue weighted by Gasteiger charge is -2.19. The van der Waals surface area contributed by atoms with Crippen LogP contribution >= 0.6 is 0 Å². The number of hydrogen-bond acceptors (Lipinski definition) is 7. The highest BCUT2D eigenvalue weighted by atomic mass is 16.6. The van der Waals surface area contributed by atoms with Gasteiger partial charge >= 0.3 is 5.69 Å². The van der Waals surface area contributed by atoms with Crippen LogP contribution in [-0.2, 0) is 7.05 Å². The number of aromatic hydroxyl groups is 1. The number of phenols is 1. The Kier molecular flexibility index (Phi) is 4.61. The third-order valence-electron chi connectivity index (χ3n) is 4.14. The monoisotopic (exact) mass is 346 g/mol. The molecule has 132 valence electrons. The van der Waals surface area contributed by atoms with E-state index in [0.717, 1.165) is 38.1 Å². The summed E-state index contributed by atoms with van der Waals surface area (Å²) >= 11 is 0. The Hall–Kier alpha value is -3.01. The number of hydrogen-bond donors (Lipinski definition) is 3. The van der Waals surface area contributed by atoms with Gasteiger partial charge < -0.3 is 10.4 Å². The maximum absolute atomic E-state index is 12.3. The number of nitro groups is 1. The van der Waals surface area contributed by atoms with E-state index in [1.165, 1.54) is 10.7 Å². The largest absolute Gasteiger partial charge is 0.502 e. The lowest BCUT2D eigenvalue weighted by molar-refractivity contribution is -0.385. The van der Waals surface area contributed by atoms with Crippen LogP contribution in [0.4, 0.5) is 11.6 Å². The number of nitrogens with one attached hydrogen (secondary N) is 2. The highest BCUT2D eigenvalue weighted by Crippen LogP contribution is 2.27. The van der Waals surface area contributed by atoms with Gasteiger partial charge in [-0.25, -0.2) is 4.68 Å². The molecule has 0 spiro atoms. The molecule has 1 fully saturated rings. The van der Waals surface area contributed by atoms with Crippen molar-refractivity contribution in [3.05, 3.63) is 39.7 Å². The van der Waals surface area contributed by atoms with Crippen LogP contribution in [0.2, 0.25) is 0 Å². The van der Waals surface area contributed by atoms with E-state index in [1.54, 1.807) is 7.05 Å². The van der Waals surface area contributed by atoms with Gasteiger partial charge in [-0.1, -0.05) is 0 Å². The van der Waals surface area contributed by atoms with Crippen LogP contribution in [0.15, 0.2) is 18.2 Å². The second-order valence-electron chi connectivity index (χ2n) is 5.86. The summed E-state index contributed by atoms with van der Waals surface area (Å²) in [4.78, 5) is 26.7. The molecule has 1 saturated heterocycles. The average molecular weight is 346 g/mol. The smallest absolute Gasteiger partial charge is 0.310 e. The van der Waals surface area contributed by atoms with Crippen molar-refractivity contribution < 1.29 is 14.8 Å². The van der Waals surface area contributed by atoms with E-state index in [9.17, 15) is 20.0 Å². The molecule has 1 aliphatic heterocycles. The van der Waals surface area contributed by atoms with Gasteiger partial charge in [-0.15, -0.1) is 0 Å². The molecule has 3 rings (SSSR count). The Morgan fingerprint density at radius 1 is 1.44 bits per heavy atom. The van der Waals surface area contributed by atoms with Crippen molar-refractivity contribution in [3.63, 3.8) is 0 Å². The number of aryl methyl sites for hydroxylation is 1. The molecule has 0 unspecified atom stereocenters. The number of carbonyl (C=O) groups excluding carboxylic acids is 1. The summed E-state index contributed by atoms with van der Waals surface area (Å²) in [5.41, 5.74) is -0.363. The van der Waals surface area contributed by atoms with Gasteiger partial charge in [0, 0.05) is 24.6 Å². The number of benzene rings is 1. The highest BCUT2D eigenvalue weighted by molar-refractivity contribution is 6.03. The number of carbonyl (C=O) groups is 1. The number of amides is 1. The molecule has 10 heteroatoms. The van der Waals surface area contributed by atoms with Crippen LogP contribution in [0.1, 0.15) is 34.9 Å². The fourth-order valence-electron chi connectivity index (χ4n) is 2.76. The summed E-state index contributed by atoms with van der Waals surface area (Å²) in [6.07, 6.45) is 1.88. The fourth-order valence-corrected chi connectivity index (χ4v) is 2.76. The zero-order chi connectivity index (χ0) is 18.0. The molecular formula is C15H18N6O4. The summed E-state index contributed by atoms with van der Waals surface area (Å²) < 4.78 is 1.49. The SMILES string of the molecule is Cn1nc(C2CCNCC2)nc1NC(=O)c1ccc([N+](=O)[O-])c(O)c1. The van der Waals surface area contributed by atoms with Crippen LogP contribution in [-0.4, -0.2) is 43.8 Å². The van der Waals surface area contributed by atoms with Gasteiger partial charge in [0.2, 0.25) is 5.95 Å². The molecule has 1 amide bonds. The van der Waals surface area contributed by atoms with Crippen molar-refractivity contribution in [2.45, 2.75) is 18.8 Å². The first-order valence-corrected chi connectivity index (χ1v) is 7.86. The number of nitro benzene ring substituents is 1. The highest BCUT2D eigenvalue weighted by Gasteiger charge is 2.22. The van der Waals surface area contributed by atoms with Crippen molar-refractivity contribution in [2.24, 2.45) is 7.05 Å². The first kappa shape index (κ1) is 16.8. The molecule has 0 atom stereocenters. The Labute approximate surface area is 143 Å². The van der Waals surface area contributed by atoms with Crippen LogP contribution in [0.5, 0.6) is 5.75 Å². The number of nitrogens with zero attached hydrogens (tertiary/aromatic N) is 4. The lowest BCUT2D eigenvalue weighted by atomic mass is 9.98. The zero-order valence-corrected chi connectivity index (χ0v) is 13.6. The molecule has 1 aromatic carbocycles. The Morgan fingerprint density at radius 3 is 2.80 bits per heavy atom. The Balaban J connectivity index is 1.75. The third-order valence-corrected chi connectivity index (χ3v) is 4.14. The van der Waals surface area contributed by atoms with E-state index >= 15 is 0 Å². The molecule has 10 nitrogen and oxygen atoms in total. The molecule has 25 heavy (non-hydrogen) atoms. The van der Waals surface area contributed by atoms with E-state index in [-0.39, 0.29) is 17.4 Å². The summed E-state index contributed by atoms with van der Waals surface area (Å²) in [6.45, 7) is 1.82. The molecule has 3 N–H and O–H groups in total. The van der Waals surface area contributed by atoms with Crippen LogP contribution < -0.4 is 10.6 Å². The Bertz CT molecular complexity index is 812. The molecule has 0 bridgehead atoms. The van der Waals surface area contributed by atoms with Crippen LogP contribution in [0.25, 0.3) is 0 Å². The summed E-state index contributed by atoms with van der Waals surface area (Å²) in [5, 5.41) is 30.6. The molecule has 2 aromatic rings. The van der Waals surface area contributed by atoms with Crippen molar-refractivity contribution in [1.82, 2.24) is 20.1 Å². The standard InChI is InChI=1S/C15H18N6O4/c1-20-15(17-13(19-20)9-4-6-16-7-5-9)18-14(23)10-2-3-11(21(24)25)12(22)8-10/h2-3,8-9,16,22H,4-7H2,1H3,(H,17,18,19,23). The van der Waals surface area contributed by atoms with Gasteiger partial charge in [-0.05, 0) is 38.1 Å². The van der Waals surface area contributed by atoms with Crippen LogP contribution in [0.3, 0.4) is 0 Å². The van der Waals surface area contributed by atoms with E-state index in [1.807, 2.05) is 0 Å². The molecular weight excluding hydrogens is 328 g/mol. The van der Waals surface area contributed by atoms with Crippen molar-refractivity contribution >= 4 is 17.5 Å². The topological polar surface area (TPSA) is 135 Å². The zero-order valence-electron chi connectivity index (χ0n) is 13.6. The van der Waals surface area contributed by atoms with Gasteiger partial charge in [0.05, 0.1) is 4.92 Å². The molecule has 0 aliphatic carbocycles. The predicted molar refractivity (Wildman–Crippen MR) is 88.6 cm³/mol. The summed E-state index contributed by atoms with van der Waals surface area (Å²) in [5.74, 6) is 0.132. The third kappa shape index (κ3) is 3.58. The minimum Gasteiger partial charge on any atom is -0.502 e. The molecule has 1 aromatic heterocycles. The fraction of sp³-hybridized carbons (Fsp3) is 0.400. The van der Waals surface area contributed by atoms with Gasteiger partial charge in [0.15, 0.2) is 11.6 Å². The van der Waals surface area contributed by atoms with Crippen molar-refractivity contribution in [1.29, 1.82) is 0 Å². The van der Waals surface area contributed by atoms with E-state index in [2.05, 4.69) is 20.7 Å². The number of piperidine rings is 1. The second-order valence-corrected chi connectivity index (χ2v) is 5.86. The number of anilines is 1. The predicted octanol–water partition coefficient (Wildman–Crippen LogP) is 1.15. The number of aromatic nitrogens is 3. The van der Waals surface area contributed by atoms with E-state index < -0.39 is 22.3 Å². The van der Waals surface area contributed by atoms with Gasteiger partial charge in [0.1, 0.15) is 0 Å². The summed E-state index contributed by atoms with van der Waals surface area (Å²) in [7, 11) is 1.68. The van der Waals surface area contributed by atoms with Gasteiger partial charge in [-0.3, -0.25) is 20.2 Å². The quantitative estimate of drug-likeness (QED) is 0.558. The van der Waals surface area contributed by atoms with Crippen molar-refractivity contribution in [3.8, 4) is 5.75 Å². The minimum atomic E-state index is -0.717. The lowest BCUT2D eigenvalue weighted by Crippen LogP contribution is -2.27. The van der Waals surface area contributed by atoms with Gasteiger partial charge in [0.25, 0.3) is 5.91 Å². The average Bonchev–Trinajstić information content (AvgIpc) is 2.96. The van der Waals surface area contributed by atoms with E-state index in [0.29, 0.717) is 5.82 Å². The molecule has 1 aliphatic rings. The second kappa shape index (κ2) is 6.85. The molecule has 0 saturated carbocycles. The first-order chi connectivity index (χ1) is 12.0. The maximum Gasteiger partial charge on any atom is 0.310 e. The summed E-state index contributed by atoms with van der Waals surface area (Å²) in [6, 6.07) is 3.41. The first-order valence-electron chi connectivity index (χ1n) is 7.86. The number of rotatable bonds is 4. The number of phenolic OH excluding ortho intramolecular Hbond substituents is 1. The van der Waals surface area contributed by atoms with Crippen molar-refractivity contribution in [2.75, 3.05) is 18.4 Å². The van der Waals surface area contributed by atoms with Gasteiger partial charge in [-0.2, -0.15) is 10.1 Å². The Morgan fingerprint density at radius 2 is 2.16 bits per heavy atom. The normalized spacial score (nSPS) is 15.1. The van der Waals surface area contributed by atoms with Crippen LogP contribution in [0, 0.1) is 10.1 Å². The molecule has 2 heterocycles. The minimum absolute atomic E-state index is 0.0921.